The first-order chi connectivity index (χ1) is 6.84. The Balaban J connectivity index is 1.91. The van der Waals surface area contributed by atoms with Gasteiger partial charge in [-0.2, -0.15) is 0 Å². The first-order valence-electron chi connectivity index (χ1n) is 5.25. The van der Waals surface area contributed by atoms with E-state index in [4.69, 9.17) is 0 Å². The van der Waals surface area contributed by atoms with Gasteiger partial charge in [-0.1, -0.05) is 30.3 Å². The second-order valence-corrected chi connectivity index (χ2v) is 3.96. The molecule has 76 valence electrons. The molecule has 1 saturated heterocycles. The molecule has 0 N–H and O–H groups in total. The molecule has 0 spiro atoms. The zero-order valence-corrected chi connectivity index (χ0v) is 8.32. The quantitative estimate of drug-likeness (QED) is 0.698. The normalized spacial score (nSPS) is 23.6. The van der Waals surface area contributed by atoms with Gasteiger partial charge in [-0.25, -0.2) is 4.39 Å². The molecule has 1 aliphatic rings. The standard InChI is InChI=1S/C12H16FN/c13-12-7-4-8-14(10-12)9-11-5-2-1-3-6-11/h1-3,5-6,12H,4,7-10H2. The maximum absolute atomic E-state index is 13.1. The fourth-order valence-corrected chi connectivity index (χ4v) is 1.98. The van der Waals surface area contributed by atoms with Gasteiger partial charge < -0.3 is 0 Å². The van der Waals surface area contributed by atoms with Crippen molar-refractivity contribution in [2.75, 3.05) is 13.1 Å². The summed E-state index contributed by atoms with van der Waals surface area (Å²) in [5, 5.41) is 0. The summed E-state index contributed by atoms with van der Waals surface area (Å²) in [6.07, 6.45) is 1.12. The lowest BCUT2D eigenvalue weighted by molar-refractivity contribution is 0.133. The Labute approximate surface area is 84.5 Å². The lowest BCUT2D eigenvalue weighted by Crippen LogP contribution is -2.35. The highest BCUT2D eigenvalue weighted by Gasteiger charge is 2.18. The van der Waals surface area contributed by atoms with Crippen molar-refractivity contribution in [1.82, 2.24) is 4.90 Å². The fourth-order valence-electron chi connectivity index (χ4n) is 1.98. The first-order valence-corrected chi connectivity index (χ1v) is 5.25. The SMILES string of the molecule is FC1CCCN(Cc2ccccc2)C1. The summed E-state index contributed by atoms with van der Waals surface area (Å²) < 4.78 is 13.1. The predicted molar refractivity (Wildman–Crippen MR) is 55.8 cm³/mol. The zero-order valence-electron chi connectivity index (χ0n) is 8.32. The molecular weight excluding hydrogens is 177 g/mol. The van der Waals surface area contributed by atoms with Crippen LogP contribution in [0.5, 0.6) is 0 Å². The molecule has 2 heteroatoms. The number of piperidine rings is 1. The van der Waals surface area contributed by atoms with E-state index < -0.39 is 6.17 Å². The molecule has 0 radical (unpaired) electrons. The van der Waals surface area contributed by atoms with E-state index in [9.17, 15) is 4.39 Å². The van der Waals surface area contributed by atoms with Crippen LogP contribution in [-0.2, 0) is 6.54 Å². The second kappa shape index (κ2) is 4.56. The van der Waals surface area contributed by atoms with E-state index in [0.717, 1.165) is 25.9 Å². The van der Waals surface area contributed by atoms with E-state index in [1.807, 2.05) is 18.2 Å². The number of hydrogen-bond acceptors (Lipinski definition) is 1. The molecule has 1 heterocycles. The highest BCUT2D eigenvalue weighted by atomic mass is 19.1. The molecule has 0 saturated carbocycles. The van der Waals surface area contributed by atoms with Gasteiger partial charge in [0.1, 0.15) is 6.17 Å². The van der Waals surface area contributed by atoms with Crippen molar-refractivity contribution in [3.05, 3.63) is 35.9 Å². The largest absolute Gasteiger partial charge is 0.296 e. The summed E-state index contributed by atoms with van der Waals surface area (Å²) in [5.74, 6) is 0. The van der Waals surface area contributed by atoms with Crippen LogP contribution in [-0.4, -0.2) is 24.2 Å². The molecule has 1 unspecified atom stereocenters. The molecule has 0 aliphatic carbocycles. The maximum Gasteiger partial charge on any atom is 0.113 e. The number of nitrogens with zero attached hydrogens (tertiary/aromatic N) is 1. The van der Waals surface area contributed by atoms with Gasteiger partial charge in [0.05, 0.1) is 0 Å². The summed E-state index contributed by atoms with van der Waals surface area (Å²) in [5.41, 5.74) is 1.28. The van der Waals surface area contributed by atoms with E-state index >= 15 is 0 Å². The minimum absolute atomic E-state index is 0.606. The van der Waals surface area contributed by atoms with Crippen LogP contribution in [0.1, 0.15) is 18.4 Å². The third kappa shape index (κ3) is 2.55. The van der Waals surface area contributed by atoms with Crippen LogP contribution in [0.25, 0.3) is 0 Å². The number of likely N-dealkylation sites (tertiary alicyclic amines) is 1. The molecule has 1 aromatic rings. The van der Waals surface area contributed by atoms with Crippen molar-refractivity contribution in [3.63, 3.8) is 0 Å². The third-order valence-electron chi connectivity index (χ3n) is 2.70. The minimum Gasteiger partial charge on any atom is -0.296 e. The van der Waals surface area contributed by atoms with Crippen molar-refractivity contribution in [1.29, 1.82) is 0 Å². The molecule has 0 bridgehead atoms. The summed E-state index contributed by atoms with van der Waals surface area (Å²) in [4.78, 5) is 2.20. The molecule has 1 aromatic carbocycles. The van der Waals surface area contributed by atoms with Gasteiger partial charge in [0.15, 0.2) is 0 Å². The number of rotatable bonds is 2. The summed E-state index contributed by atoms with van der Waals surface area (Å²) in [6, 6.07) is 10.3. The Morgan fingerprint density at radius 3 is 2.79 bits per heavy atom. The van der Waals surface area contributed by atoms with Gasteiger partial charge in [0, 0.05) is 13.1 Å². The van der Waals surface area contributed by atoms with Crippen molar-refractivity contribution >= 4 is 0 Å². The number of halogens is 1. The molecule has 1 fully saturated rings. The summed E-state index contributed by atoms with van der Waals surface area (Å²) in [7, 11) is 0. The molecule has 1 atom stereocenters. The van der Waals surface area contributed by atoms with E-state index in [0.29, 0.717) is 6.54 Å². The third-order valence-corrected chi connectivity index (χ3v) is 2.70. The van der Waals surface area contributed by atoms with E-state index in [-0.39, 0.29) is 0 Å². The molecule has 0 amide bonds. The Morgan fingerprint density at radius 1 is 1.29 bits per heavy atom. The summed E-state index contributed by atoms with van der Waals surface area (Å²) in [6.45, 7) is 2.53. The molecular formula is C12H16FN. The second-order valence-electron chi connectivity index (χ2n) is 3.96. The van der Waals surface area contributed by atoms with Crippen LogP contribution in [0.2, 0.25) is 0 Å². The van der Waals surface area contributed by atoms with Crippen molar-refractivity contribution in [3.8, 4) is 0 Å². The van der Waals surface area contributed by atoms with Crippen molar-refractivity contribution < 1.29 is 4.39 Å². The van der Waals surface area contributed by atoms with Crippen LogP contribution in [0, 0.1) is 0 Å². The van der Waals surface area contributed by atoms with Gasteiger partial charge in [-0.05, 0) is 24.9 Å². The molecule has 14 heavy (non-hydrogen) atoms. The predicted octanol–water partition coefficient (Wildman–Crippen LogP) is 2.62. The van der Waals surface area contributed by atoms with Crippen LogP contribution >= 0.6 is 0 Å². The zero-order chi connectivity index (χ0) is 9.80. The monoisotopic (exact) mass is 193 g/mol. The van der Waals surface area contributed by atoms with E-state index in [1.165, 1.54) is 5.56 Å². The maximum atomic E-state index is 13.1. The van der Waals surface area contributed by atoms with Crippen LogP contribution in [0.4, 0.5) is 4.39 Å². The molecule has 2 rings (SSSR count). The van der Waals surface area contributed by atoms with Gasteiger partial charge >= 0.3 is 0 Å². The fraction of sp³-hybridized carbons (Fsp3) is 0.500. The van der Waals surface area contributed by atoms with Crippen LogP contribution in [0.3, 0.4) is 0 Å². The van der Waals surface area contributed by atoms with Gasteiger partial charge in [0.2, 0.25) is 0 Å². The average molecular weight is 193 g/mol. The smallest absolute Gasteiger partial charge is 0.113 e. The van der Waals surface area contributed by atoms with E-state index in [1.54, 1.807) is 0 Å². The molecule has 1 nitrogen and oxygen atoms in total. The van der Waals surface area contributed by atoms with Crippen molar-refractivity contribution in [2.45, 2.75) is 25.6 Å². The summed E-state index contributed by atoms with van der Waals surface area (Å²) >= 11 is 0. The van der Waals surface area contributed by atoms with Gasteiger partial charge in [-0.15, -0.1) is 0 Å². The molecule has 0 aromatic heterocycles. The van der Waals surface area contributed by atoms with E-state index in [2.05, 4.69) is 17.0 Å². The Bertz CT molecular complexity index is 273. The van der Waals surface area contributed by atoms with Crippen molar-refractivity contribution in [2.24, 2.45) is 0 Å². The average Bonchev–Trinajstić information content (AvgIpc) is 2.19. The Hall–Kier alpha value is -0.890. The number of benzene rings is 1. The number of alkyl halides is 1. The van der Waals surface area contributed by atoms with Gasteiger partial charge in [0.25, 0.3) is 0 Å². The Morgan fingerprint density at radius 2 is 2.07 bits per heavy atom. The molecule has 1 aliphatic heterocycles. The highest BCUT2D eigenvalue weighted by molar-refractivity contribution is 5.14. The van der Waals surface area contributed by atoms with Crippen LogP contribution in [0.15, 0.2) is 30.3 Å². The first kappa shape index (κ1) is 9.66. The number of hydrogen-bond donors (Lipinski definition) is 0. The van der Waals surface area contributed by atoms with Crippen LogP contribution < -0.4 is 0 Å². The minimum atomic E-state index is -0.618. The lowest BCUT2D eigenvalue weighted by Gasteiger charge is -2.28. The lowest BCUT2D eigenvalue weighted by atomic mass is 10.1. The highest BCUT2D eigenvalue weighted by Crippen LogP contribution is 2.15. The Kier molecular flexibility index (Phi) is 3.14. The topological polar surface area (TPSA) is 3.24 Å². The van der Waals surface area contributed by atoms with Gasteiger partial charge in [-0.3, -0.25) is 4.90 Å².